The fourth-order valence-electron chi connectivity index (χ4n) is 4.15. The second-order valence-corrected chi connectivity index (χ2v) is 8.43. The molecule has 0 atom stereocenters. The SMILES string of the molecule is Cc1ccc(NC(=O)C2(c3ccc4c(c3)OC(F)(F)O4)CC2)cc1-c1cc(F)cc(C(=O)O)c1. The van der Waals surface area contributed by atoms with Crippen molar-refractivity contribution in [2.45, 2.75) is 31.5 Å². The van der Waals surface area contributed by atoms with E-state index in [2.05, 4.69) is 14.8 Å². The van der Waals surface area contributed by atoms with Gasteiger partial charge in [-0.2, -0.15) is 0 Å². The van der Waals surface area contributed by atoms with Crippen molar-refractivity contribution < 1.29 is 37.3 Å². The Labute approximate surface area is 191 Å². The third-order valence-corrected chi connectivity index (χ3v) is 6.09. The number of halogens is 3. The molecule has 0 spiro atoms. The van der Waals surface area contributed by atoms with Crippen LogP contribution in [0.1, 0.15) is 34.3 Å². The molecule has 174 valence electrons. The number of alkyl halides is 2. The third-order valence-electron chi connectivity index (χ3n) is 6.09. The summed E-state index contributed by atoms with van der Waals surface area (Å²) in [5, 5.41) is 12.1. The molecule has 9 heteroatoms. The molecule has 1 saturated carbocycles. The number of hydrogen-bond donors (Lipinski definition) is 2. The van der Waals surface area contributed by atoms with Gasteiger partial charge >= 0.3 is 12.3 Å². The standard InChI is InChI=1S/C25H18F3NO5/c1-13-2-4-18(12-19(13)14-8-15(22(30)31)10-17(26)9-14)29-23(32)24(6-7-24)16-3-5-20-21(11-16)34-25(27,28)33-20/h2-5,8-12H,6-7H2,1H3,(H,29,32)(H,30,31). The van der Waals surface area contributed by atoms with Gasteiger partial charge in [-0.1, -0.05) is 12.1 Å². The number of ether oxygens (including phenoxy) is 2. The summed E-state index contributed by atoms with van der Waals surface area (Å²) in [5.41, 5.74) is 1.58. The van der Waals surface area contributed by atoms with Gasteiger partial charge in [0.1, 0.15) is 5.82 Å². The normalized spacial score (nSPS) is 16.7. The van der Waals surface area contributed by atoms with Crippen LogP contribution in [0.4, 0.5) is 18.9 Å². The van der Waals surface area contributed by atoms with Crippen molar-refractivity contribution in [1.82, 2.24) is 0 Å². The first kappa shape index (κ1) is 21.8. The maximum atomic E-state index is 14.0. The molecule has 2 N–H and O–H groups in total. The summed E-state index contributed by atoms with van der Waals surface area (Å²) in [5.74, 6) is -2.48. The number of anilines is 1. The van der Waals surface area contributed by atoms with E-state index in [9.17, 15) is 27.9 Å². The van der Waals surface area contributed by atoms with Crippen LogP contribution in [0.3, 0.4) is 0 Å². The van der Waals surface area contributed by atoms with Crippen LogP contribution in [-0.2, 0) is 10.2 Å². The van der Waals surface area contributed by atoms with E-state index in [4.69, 9.17) is 0 Å². The van der Waals surface area contributed by atoms with Crippen LogP contribution >= 0.6 is 0 Å². The average molecular weight is 469 g/mol. The molecule has 0 radical (unpaired) electrons. The molecule has 1 aliphatic carbocycles. The van der Waals surface area contributed by atoms with Gasteiger partial charge < -0.3 is 19.9 Å². The number of rotatable bonds is 5. The van der Waals surface area contributed by atoms with E-state index in [0.717, 1.165) is 11.6 Å². The number of nitrogens with one attached hydrogen (secondary N) is 1. The summed E-state index contributed by atoms with van der Waals surface area (Å²) in [6.45, 7) is 1.79. The van der Waals surface area contributed by atoms with Crippen LogP contribution in [0.15, 0.2) is 54.6 Å². The van der Waals surface area contributed by atoms with Gasteiger partial charge in [0.15, 0.2) is 11.5 Å². The fraction of sp³-hybridized carbons (Fsp3) is 0.200. The second-order valence-electron chi connectivity index (χ2n) is 8.43. The molecule has 2 aliphatic rings. The van der Waals surface area contributed by atoms with Crippen molar-refractivity contribution in [2.24, 2.45) is 0 Å². The molecule has 0 aromatic heterocycles. The first-order valence-electron chi connectivity index (χ1n) is 10.4. The van der Waals surface area contributed by atoms with Crippen LogP contribution in [0.25, 0.3) is 11.1 Å². The van der Waals surface area contributed by atoms with Crippen LogP contribution < -0.4 is 14.8 Å². The van der Waals surface area contributed by atoms with Crippen LogP contribution in [-0.4, -0.2) is 23.3 Å². The van der Waals surface area contributed by atoms with Crippen molar-refractivity contribution in [1.29, 1.82) is 0 Å². The van der Waals surface area contributed by atoms with Gasteiger partial charge in [0.2, 0.25) is 5.91 Å². The lowest BCUT2D eigenvalue weighted by Crippen LogP contribution is -2.28. The first-order valence-corrected chi connectivity index (χ1v) is 10.4. The summed E-state index contributed by atoms with van der Waals surface area (Å²) >= 11 is 0. The van der Waals surface area contributed by atoms with Crippen molar-refractivity contribution in [3.05, 3.63) is 77.1 Å². The molecule has 0 unspecified atom stereocenters. The predicted molar refractivity (Wildman–Crippen MR) is 116 cm³/mol. The lowest BCUT2D eigenvalue weighted by molar-refractivity contribution is -0.286. The number of benzene rings is 3. The predicted octanol–water partition coefficient (Wildman–Crippen LogP) is 5.49. The van der Waals surface area contributed by atoms with E-state index in [1.165, 1.54) is 24.3 Å². The van der Waals surface area contributed by atoms with E-state index < -0.39 is 23.5 Å². The highest BCUT2D eigenvalue weighted by Crippen LogP contribution is 2.52. The molecular formula is C25H18F3NO5. The van der Waals surface area contributed by atoms with Gasteiger partial charge in [0, 0.05) is 5.69 Å². The molecule has 1 fully saturated rings. The molecule has 3 aromatic carbocycles. The number of carbonyl (C=O) groups is 2. The molecule has 1 aliphatic heterocycles. The van der Waals surface area contributed by atoms with Gasteiger partial charge in [0.25, 0.3) is 0 Å². The van der Waals surface area contributed by atoms with E-state index in [1.807, 2.05) is 0 Å². The number of fused-ring (bicyclic) bond motifs is 1. The molecule has 3 aromatic rings. The summed E-state index contributed by atoms with van der Waals surface area (Å²) < 4.78 is 49.6. The Hall–Kier alpha value is -4.01. The molecule has 5 rings (SSSR count). The van der Waals surface area contributed by atoms with Gasteiger partial charge in [-0.05, 0) is 84.5 Å². The first-order chi connectivity index (χ1) is 16.1. The number of amides is 1. The highest BCUT2D eigenvalue weighted by atomic mass is 19.3. The van der Waals surface area contributed by atoms with E-state index in [1.54, 1.807) is 31.2 Å². The van der Waals surface area contributed by atoms with E-state index in [-0.39, 0.29) is 23.0 Å². The lowest BCUT2D eigenvalue weighted by Gasteiger charge is -2.17. The van der Waals surface area contributed by atoms with Gasteiger partial charge in [0.05, 0.1) is 11.0 Å². The average Bonchev–Trinajstić information content (AvgIpc) is 3.51. The van der Waals surface area contributed by atoms with Crippen LogP contribution in [0.5, 0.6) is 11.5 Å². The Bertz CT molecular complexity index is 1350. The minimum Gasteiger partial charge on any atom is -0.478 e. The van der Waals surface area contributed by atoms with Gasteiger partial charge in [-0.25, -0.2) is 9.18 Å². The number of carboxylic acid groups (broad SMARTS) is 1. The molecular weight excluding hydrogens is 451 g/mol. The molecule has 34 heavy (non-hydrogen) atoms. The minimum absolute atomic E-state index is 0.0936. The largest absolute Gasteiger partial charge is 0.586 e. The van der Waals surface area contributed by atoms with Gasteiger partial charge in [-0.15, -0.1) is 8.78 Å². The zero-order valence-electron chi connectivity index (χ0n) is 17.8. The smallest absolute Gasteiger partial charge is 0.478 e. The molecule has 1 amide bonds. The zero-order chi connectivity index (χ0) is 24.3. The van der Waals surface area contributed by atoms with Crippen molar-refractivity contribution in [2.75, 3.05) is 5.32 Å². The number of carboxylic acids is 1. The minimum atomic E-state index is -3.74. The summed E-state index contributed by atoms with van der Waals surface area (Å²) in [7, 11) is 0. The second kappa shape index (κ2) is 7.51. The Morgan fingerprint density at radius 3 is 2.41 bits per heavy atom. The van der Waals surface area contributed by atoms with E-state index in [0.29, 0.717) is 35.2 Å². The summed E-state index contributed by atoms with van der Waals surface area (Å²) in [6, 6.07) is 12.9. The lowest BCUT2D eigenvalue weighted by atomic mass is 9.94. The monoisotopic (exact) mass is 469 g/mol. The van der Waals surface area contributed by atoms with Crippen molar-refractivity contribution >= 4 is 17.6 Å². The highest BCUT2D eigenvalue weighted by Gasteiger charge is 2.52. The third kappa shape index (κ3) is 3.83. The number of hydrogen-bond acceptors (Lipinski definition) is 4. The Morgan fingerprint density at radius 2 is 1.71 bits per heavy atom. The van der Waals surface area contributed by atoms with Gasteiger partial charge in [-0.3, -0.25) is 4.79 Å². The Morgan fingerprint density at radius 1 is 0.971 bits per heavy atom. The summed E-state index contributed by atoms with van der Waals surface area (Å²) in [4.78, 5) is 24.5. The molecule has 1 heterocycles. The number of aromatic carboxylic acids is 1. The number of aryl methyl sites for hydroxylation is 1. The molecule has 0 bridgehead atoms. The van der Waals surface area contributed by atoms with Crippen LogP contribution in [0.2, 0.25) is 0 Å². The topological polar surface area (TPSA) is 84.9 Å². The molecule has 6 nitrogen and oxygen atoms in total. The number of carbonyl (C=O) groups excluding carboxylic acids is 1. The van der Waals surface area contributed by atoms with Crippen molar-refractivity contribution in [3.8, 4) is 22.6 Å². The van der Waals surface area contributed by atoms with Crippen LogP contribution in [0, 0.1) is 12.7 Å². The quantitative estimate of drug-likeness (QED) is 0.516. The Kier molecular flexibility index (Phi) is 4.82. The van der Waals surface area contributed by atoms with Crippen molar-refractivity contribution in [3.63, 3.8) is 0 Å². The fourth-order valence-corrected chi connectivity index (χ4v) is 4.15. The Balaban J connectivity index is 1.42. The molecule has 0 saturated heterocycles. The highest BCUT2D eigenvalue weighted by molar-refractivity contribution is 6.02. The maximum absolute atomic E-state index is 14.0. The van der Waals surface area contributed by atoms with E-state index >= 15 is 0 Å². The zero-order valence-corrected chi connectivity index (χ0v) is 17.8. The maximum Gasteiger partial charge on any atom is 0.586 e. The summed E-state index contributed by atoms with van der Waals surface area (Å²) in [6.07, 6.45) is -2.69.